The molecule has 0 unspecified atom stereocenters. The van der Waals surface area contributed by atoms with E-state index in [2.05, 4.69) is 25.3 Å². The van der Waals surface area contributed by atoms with Gasteiger partial charge >= 0.3 is 0 Å². The largest absolute Gasteiger partial charge is 0.495 e. The summed E-state index contributed by atoms with van der Waals surface area (Å²) in [5, 5.41) is 17.3. The number of nitrogens with zero attached hydrogens (tertiary/aromatic N) is 4. The molecular formula is C32H38N6O6. The molecule has 232 valence electrons. The SMILES string of the molecule is COc1ccccc1N1CCN(c2ccc(NC(=O)c3ccc(C)c([N+](=O)[O-])c3)cc2C(=O)NCCN2CCOCC2)CC1. The van der Waals surface area contributed by atoms with E-state index in [9.17, 15) is 19.7 Å². The molecule has 0 radical (unpaired) electrons. The maximum atomic E-state index is 13.6. The predicted molar refractivity (Wildman–Crippen MR) is 169 cm³/mol. The van der Waals surface area contributed by atoms with Crippen molar-refractivity contribution < 1.29 is 24.0 Å². The first-order chi connectivity index (χ1) is 21.3. The molecule has 2 heterocycles. The third-order valence-electron chi connectivity index (χ3n) is 8.03. The molecule has 0 spiro atoms. The molecule has 0 atom stereocenters. The maximum absolute atomic E-state index is 13.6. The Bertz CT molecular complexity index is 1500. The van der Waals surface area contributed by atoms with E-state index in [0.29, 0.717) is 56.2 Å². The summed E-state index contributed by atoms with van der Waals surface area (Å²) in [6, 6.07) is 17.6. The normalized spacial score (nSPS) is 15.5. The Labute approximate surface area is 256 Å². The van der Waals surface area contributed by atoms with Gasteiger partial charge in [0.15, 0.2) is 0 Å². The average Bonchev–Trinajstić information content (AvgIpc) is 3.05. The lowest BCUT2D eigenvalue weighted by atomic mass is 10.1. The van der Waals surface area contributed by atoms with Crippen LogP contribution in [0.3, 0.4) is 0 Å². The molecule has 0 aromatic heterocycles. The van der Waals surface area contributed by atoms with Gasteiger partial charge in [0.1, 0.15) is 5.75 Å². The maximum Gasteiger partial charge on any atom is 0.273 e. The number of anilines is 3. The molecule has 12 heteroatoms. The number of methoxy groups -OCH3 is 1. The molecule has 5 rings (SSSR count). The van der Waals surface area contributed by atoms with Crippen molar-refractivity contribution in [3.63, 3.8) is 0 Å². The molecule has 3 aromatic rings. The molecule has 0 bridgehead atoms. The van der Waals surface area contributed by atoms with Gasteiger partial charge in [-0.15, -0.1) is 0 Å². The number of ether oxygens (including phenoxy) is 2. The van der Waals surface area contributed by atoms with Crippen molar-refractivity contribution in [3.05, 3.63) is 87.5 Å². The number of amides is 2. The summed E-state index contributed by atoms with van der Waals surface area (Å²) in [6.07, 6.45) is 0. The Balaban J connectivity index is 1.34. The first kappa shape index (κ1) is 30.8. The molecule has 2 amide bonds. The first-order valence-corrected chi connectivity index (χ1v) is 14.8. The number of hydrogen-bond acceptors (Lipinski definition) is 9. The van der Waals surface area contributed by atoms with E-state index in [-0.39, 0.29) is 17.2 Å². The fourth-order valence-corrected chi connectivity index (χ4v) is 5.55. The van der Waals surface area contributed by atoms with Crippen LogP contribution in [0.1, 0.15) is 26.3 Å². The van der Waals surface area contributed by atoms with Gasteiger partial charge in [-0.2, -0.15) is 0 Å². The van der Waals surface area contributed by atoms with Gasteiger partial charge in [-0.1, -0.05) is 18.2 Å². The van der Waals surface area contributed by atoms with Gasteiger partial charge in [0.25, 0.3) is 17.5 Å². The molecule has 2 aliphatic rings. The number of nitro benzene ring substituents is 1. The van der Waals surface area contributed by atoms with Gasteiger partial charge in [-0.05, 0) is 43.3 Å². The van der Waals surface area contributed by atoms with Crippen molar-refractivity contribution in [2.75, 3.05) is 87.8 Å². The highest BCUT2D eigenvalue weighted by molar-refractivity contribution is 6.06. The topological polar surface area (TPSA) is 130 Å². The average molecular weight is 603 g/mol. The van der Waals surface area contributed by atoms with Crippen molar-refractivity contribution in [2.24, 2.45) is 0 Å². The Morgan fingerprint density at radius 2 is 1.61 bits per heavy atom. The third kappa shape index (κ3) is 7.26. The zero-order valence-corrected chi connectivity index (χ0v) is 25.1. The minimum Gasteiger partial charge on any atom is -0.495 e. The molecule has 2 fully saturated rings. The monoisotopic (exact) mass is 602 g/mol. The number of hydrogen-bond donors (Lipinski definition) is 2. The van der Waals surface area contributed by atoms with Crippen LogP contribution >= 0.6 is 0 Å². The van der Waals surface area contributed by atoms with Gasteiger partial charge in [0.2, 0.25) is 0 Å². The zero-order valence-electron chi connectivity index (χ0n) is 25.1. The summed E-state index contributed by atoms with van der Waals surface area (Å²) in [7, 11) is 1.67. The van der Waals surface area contributed by atoms with E-state index in [1.165, 1.54) is 6.07 Å². The van der Waals surface area contributed by atoms with Crippen LogP contribution in [-0.2, 0) is 4.74 Å². The number of para-hydroxylation sites is 2. The minimum atomic E-state index is -0.506. The molecule has 0 aliphatic carbocycles. The molecule has 2 saturated heterocycles. The number of piperazine rings is 1. The number of nitrogens with one attached hydrogen (secondary N) is 2. The second kappa shape index (κ2) is 14.2. The second-order valence-corrected chi connectivity index (χ2v) is 10.8. The van der Waals surface area contributed by atoms with Crippen molar-refractivity contribution >= 4 is 34.6 Å². The van der Waals surface area contributed by atoms with E-state index >= 15 is 0 Å². The Hall–Kier alpha value is -4.68. The number of morpholine rings is 1. The summed E-state index contributed by atoms with van der Waals surface area (Å²) >= 11 is 0. The van der Waals surface area contributed by atoms with Crippen LogP contribution in [0.5, 0.6) is 5.75 Å². The Kier molecular flexibility index (Phi) is 9.93. The van der Waals surface area contributed by atoms with E-state index in [0.717, 1.165) is 43.3 Å². The second-order valence-electron chi connectivity index (χ2n) is 10.8. The summed E-state index contributed by atoms with van der Waals surface area (Å²) in [6.45, 7) is 8.69. The van der Waals surface area contributed by atoms with Crippen LogP contribution < -0.4 is 25.2 Å². The van der Waals surface area contributed by atoms with Crippen LogP contribution in [0, 0.1) is 17.0 Å². The highest BCUT2D eigenvalue weighted by atomic mass is 16.6. The Morgan fingerprint density at radius 1 is 0.909 bits per heavy atom. The lowest BCUT2D eigenvalue weighted by molar-refractivity contribution is -0.385. The van der Waals surface area contributed by atoms with Crippen LogP contribution in [0.4, 0.5) is 22.7 Å². The van der Waals surface area contributed by atoms with Gasteiger partial charge in [0.05, 0.1) is 36.5 Å². The van der Waals surface area contributed by atoms with Crippen LogP contribution in [-0.4, -0.2) is 94.3 Å². The zero-order chi connectivity index (χ0) is 31.1. The molecule has 3 aromatic carbocycles. The van der Waals surface area contributed by atoms with Crippen molar-refractivity contribution in [1.29, 1.82) is 0 Å². The van der Waals surface area contributed by atoms with Crippen LogP contribution in [0.15, 0.2) is 60.7 Å². The fourth-order valence-electron chi connectivity index (χ4n) is 5.55. The number of carbonyl (C=O) groups is 2. The standard InChI is InChI=1S/C32H38N6O6/c1-23-7-8-24(21-29(23)38(41)42)31(39)34-25-9-10-27(26(22-25)32(40)33-11-12-35-17-19-44-20-18-35)36-13-15-37(16-14-36)28-5-3-4-6-30(28)43-2/h3-10,21-22H,11-20H2,1-2H3,(H,33,40)(H,34,39). The summed E-state index contributed by atoms with van der Waals surface area (Å²) in [5.41, 5.74) is 3.19. The van der Waals surface area contributed by atoms with Crippen molar-refractivity contribution in [3.8, 4) is 5.75 Å². The third-order valence-corrected chi connectivity index (χ3v) is 8.03. The van der Waals surface area contributed by atoms with Gasteiger partial charge in [0, 0.05) is 80.9 Å². The van der Waals surface area contributed by atoms with E-state index in [4.69, 9.17) is 9.47 Å². The molecule has 44 heavy (non-hydrogen) atoms. The minimum absolute atomic E-state index is 0.124. The van der Waals surface area contributed by atoms with E-state index in [1.807, 2.05) is 30.3 Å². The number of carbonyl (C=O) groups excluding carboxylic acids is 2. The molecule has 2 N–H and O–H groups in total. The summed E-state index contributed by atoms with van der Waals surface area (Å²) in [4.78, 5) is 44.2. The highest BCUT2D eigenvalue weighted by Gasteiger charge is 2.24. The van der Waals surface area contributed by atoms with E-state index < -0.39 is 10.8 Å². The highest BCUT2D eigenvalue weighted by Crippen LogP contribution is 2.31. The molecule has 2 aliphatic heterocycles. The fraction of sp³-hybridized carbons (Fsp3) is 0.375. The van der Waals surface area contributed by atoms with Gasteiger partial charge in [-0.3, -0.25) is 24.6 Å². The quantitative estimate of drug-likeness (QED) is 0.264. The first-order valence-electron chi connectivity index (χ1n) is 14.8. The number of benzene rings is 3. The molecule has 12 nitrogen and oxygen atoms in total. The predicted octanol–water partition coefficient (Wildman–Crippen LogP) is 3.55. The summed E-state index contributed by atoms with van der Waals surface area (Å²) < 4.78 is 11.0. The van der Waals surface area contributed by atoms with E-state index in [1.54, 1.807) is 38.3 Å². The summed E-state index contributed by atoms with van der Waals surface area (Å²) in [5.74, 6) is 0.0905. The Morgan fingerprint density at radius 3 is 2.32 bits per heavy atom. The number of aryl methyl sites for hydroxylation is 1. The van der Waals surface area contributed by atoms with Crippen molar-refractivity contribution in [2.45, 2.75) is 6.92 Å². The van der Waals surface area contributed by atoms with Gasteiger partial charge in [-0.25, -0.2) is 0 Å². The lowest BCUT2D eigenvalue weighted by Crippen LogP contribution is -2.47. The van der Waals surface area contributed by atoms with Crippen LogP contribution in [0.2, 0.25) is 0 Å². The smallest absolute Gasteiger partial charge is 0.273 e. The van der Waals surface area contributed by atoms with Crippen molar-refractivity contribution in [1.82, 2.24) is 10.2 Å². The number of nitro groups is 1. The van der Waals surface area contributed by atoms with Gasteiger partial charge < -0.3 is 29.9 Å². The number of rotatable bonds is 10. The lowest BCUT2D eigenvalue weighted by Gasteiger charge is -2.38. The van der Waals surface area contributed by atoms with Crippen LogP contribution in [0.25, 0.3) is 0 Å². The molecule has 0 saturated carbocycles. The molecular weight excluding hydrogens is 564 g/mol.